The highest BCUT2D eigenvalue weighted by Gasteiger charge is 2.13. The second-order valence-corrected chi connectivity index (χ2v) is 4.19. The highest BCUT2D eigenvalue weighted by atomic mass is 79.9. The number of aliphatic carboxylic acids is 1. The Morgan fingerprint density at radius 3 is 2.88 bits per heavy atom. The lowest BCUT2D eigenvalue weighted by Crippen LogP contribution is -2.25. The standard InChI is InChI=1S/C11H14BrNO3/c1-3-16-10-6-8(12)4-5-9(10)13-7(2)11(14)15/h4-7,13H,3H2,1-2H3,(H,14,15)/t7-/m0/s1. The zero-order chi connectivity index (χ0) is 12.1. The van der Waals surface area contributed by atoms with Gasteiger partial charge in [-0.25, -0.2) is 0 Å². The van der Waals surface area contributed by atoms with E-state index >= 15 is 0 Å². The number of ether oxygens (including phenoxy) is 1. The van der Waals surface area contributed by atoms with Crippen LogP contribution in [0.2, 0.25) is 0 Å². The van der Waals surface area contributed by atoms with Crippen LogP contribution in [0, 0.1) is 0 Å². The second kappa shape index (κ2) is 5.75. The molecule has 0 bridgehead atoms. The van der Waals surface area contributed by atoms with E-state index in [1.54, 1.807) is 19.1 Å². The Labute approximate surface area is 103 Å². The molecule has 16 heavy (non-hydrogen) atoms. The van der Waals surface area contributed by atoms with E-state index in [1.807, 2.05) is 13.0 Å². The Morgan fingerprint density at radius 2 is 2.31 bits per heavy atom. The Balaban J connectivity index is 2.89. The minimum Gasteiger partial charge on any atom is -0.492 e. The quantitative estimate of drug-likeness (QED) is 0.874. The van der Waals surface area contributed by atoms with Crippen LogP contribution in [-0.2, 0) is 4.79 Å². The van der Waals surface area contributed by atoms with Gasteiger partial charge in [-0.15, -0.1) is 0 Å². The molecule has 0 unspecified atom stereocenters. The van der Waals surface area contributed by atoms with Gasteiger partial charge in [-0.05, 0) is 32.0 Å². The average molecular weight is 288 g/mol. The van der Waals surface area contributed by atoms with Crippen molar-refractivity contribution in [3.05, 3.63) is 22.7 Å². The first kappa shape index (κ1) is 12.8. The van der Waals surface area contributed by atoms with Gasteiger partial charge in [0.25, 0.3) is 0 Å². The van der Waals surface area contributed by atoms with E-state index in [2.05, 4.69) is 21.2 Å². The fraction of sp³-hybridized carbons (Fsp3) is 0.364. The van der Waals surface area contributed by atoms with E-state index < -0.39 is 12.0 Å². The molecule has 88 valence electrons. The Kier molecular flexibility index (Phi) is 4.61. The van der Waals surface area contributed by atoms with E-state index in [0.29, 0.717) is 18.0 Å². The molecule has 0 fully saturated rings. The Morgan fingerprint density at radius 1 is 1.62 bits per heavy atom. The van der Waals surface area contributed by atoms with E-state index in [-0.39, 0.29) is 0 Å². The molecule has 0 aliphatic heterocycles. The van der Waals surface area contributed by atoms with Crippen molar-refractivity contribution >= 4 is 27.6 Å². The summed E-state index contributed by atoms with van der Waals surface area (Å²) >= 11 is 3.34. The Bertz CT molecular complexity index is 381. The van der Waals surface area contributed by atoms with E-state index in [9.17, 15) is 4.79 Å². The van der Waals surface area contributed by atoms with Crippen LogP contribution in [0.15, 0.2) is 22.7 Å². The van der Waals surface area contributed by atoms with E-state index in [1.165, 1.54) is 0 Å². The summed E-state index contributed by atoms with van der Waals surface area (Å²) in [5.74, 6) is -0.254. The zero-order valence-electron chi connectivity index (χ0n) is 9.16. The highest BCUT2D eigenvalue weighted by molar-refractivity contribution is 9.10. The molecule has 1 rings (SSSR count). The first-order valence-corrected chi connectivity index (χ1v) is 5.75. The molecule has 0 aliphatic rings. The minimum atomic E-state index is -0.898. The molecule has 1 atom stereocenters. The molecule has 5 heteroatoms. The van der Waals surface area contributed by atoms with E-state index in [0.717, 1.165) is 4.47 Å². The number of benzene rings is 1. The van der Waals surface area contributed by atoms with Gasteiger partial charge in [0.05, 0.1) is 12.3 Å². The Hall–Kier alpha value is -1.23. The van der Waals surface area contributed by atoms with E-state index in [4.69, 9.17) is 9.84 Å². The molecule has 1 aromatic rings. The fourth-order valence-electron chi connectivity index (χ4n) is 1.19. The van der Waals surface area contributed by atoms with Crippen LogP contribution < -0.4 is 10.1 Å². The van der Waals surface area contributed by atoms with Gasteiger partial charge < -0.3 is 15.2 Å². The topological polar surface area (TPSA) is 58.6 Å². The van der Waals surface area contributed by atoms with Crippen molar-refractivity contribution in [3.8, 4) is 5.75 Å². The SMILES string of the molecule is CCOc1cc(Br)ccc1N[C@@H](C)C(=O)O. The maximum atomic E-state index is 10.7. The third-order valence-electron chi connectivity index (χ3n) is 1.99. The third kappa shape index (κ3) is 3.41. The molecule has 0 saturated heterocycles. The summed E-state index contributed by atoms with van der Waals surface area (Å²) in [6, 6.07) is 4.77. The van der Waals surface area contributed by atoms with Crippen molar-refractivity contribution in [1.82, 2.24) is 0 Å². The number of carbonyl (C=O) groups is 1. The molecule has 4 nitrogen and oxygen atoms in total. The van der Waals surface area contributed by atoms with Crippen LogP contribution >= 0.6 is 15.9 Å². The molecule has 0 heterocycles. The third-order valence-corrected chi connectivity index (χ3v) is 2.48. The molecular formula is C11H14BrNO3. The van der Waals surface area contributed by atoms with Crippen LogP contribution in [-0.4, -0.2) is 23.7 Å². The maximum Gasteiger partial charge on any atom is 0.325 e. The summed E-state index contributed by atoms with van der Waals surface area (Å²) in [4.78, 5) is 10.7. The number of anilines is 1. The van der Waals surface area contributed by atoms with Crippen LogP contribution in [0.5, 0.6) is 5.75 Å². The molecule has 0 radical (unpaired) electrons. The average Bonchev–Trinajstić information content (AvgIpc) is 2.22. The normalized spacial score (nSPS) is 11.9. The number of carboxylic acids is 1. The molecule has 0 amide bonds. The zero-order valence-corrected chi connectivity index (χ0v) is 10.7. The fourth-order valence-corrected chi connectivity index (χ4v) is 1.53. The molecule has 0 spiro atoms. The van der Waals surface area contributed by atoms with Crippen LogP contribution in [0.4, 0.5) is 5.69 Å². The van der Waals surface area contributed by atoms with Crippen molar-refractivity contribution in [2.45, 2.75) is 19.9 Å². The molecule has 1 aromatic carbocycles. The maximum absolute atomic E-state index is 10.7. The van der Waals surface area contributed by atoms with Gasteiger partial charge >= 0.3 is 5.97 Å². The predicted octanol–water partition coefficient (Wildman–Crippen LogP) is 2.73. The lowest BCUT2D eigenvalue weighted by molar-refractivity contribution is -0.137. The van der Waals surface area contributed by atoms with Crippen molar-refractivity contribution in [2.24, 2.45) is 0 Å². The number of hydrogen-bond donors (Lipinski definition) is 2. The lowest BCUT2D eigenvalue weighted by atomic mass is 10.2. The number of hydrogen-bond acceptors (Lipinski definition) is 3. The number of carboxylic acid groups (broad SMARTS) is 1. The summed E-state index contributed by atoms with van der Waals surface area (Å²) < 4.78 is 6.31. The van der Waals surface area contributed by atoms with Crippen LogP contribution in [0.1, 0.15) is 13.8 Å². The largest absolute Gasteiger partial charge is 0.492 e. The first-order chi connectivity index (χ1) is 7.54. The molecule has 0 aromatic heterocycles. The lowest BCUT2D eigenvalue weighted by Gasteiger charge is -2.15. The monoisotopic (exact) mass is 287 g/mol. The molecule has 2 N–H and O–H groups in total. The summed E-state index contributed by atoms with van der Waals surface area (Å²) in [6.45, 7) is 4.00. The number of nitrogens with one attached hydrogen (secondary N) is 1. The highest BCUT2D eigenvalue weighted by Crippen LogP contribution is 2.28. The van der Waals surface area contributed by atoms with Crippen molar-refractivity contribution in [3.63, 3.8) is 0 Å². The number of rotatable bonds is 5. The van der Waals surface area contributed by atoms with Crippen molar-refractivity contribution in [1.29, 1.82) is 0 Å². The summed E-state index contributed by atoms with van der Waals surface area (Å²) in [5, 5.41) is 11.7. The van der Waals surface area contributed by atoms with Crippen LogP contribution in [0.3, 0.4) is 0 Å². The first-order valence-electron chi connectivity index (χ1n) is 4.96. The second-order valence-electron chi connectivity index (χ2n) is 3.28. The molecular weight excluding hydrogens is 274 g/mol. The van der Waals surface area contributed by atoms with Gasteiger partial charge in [0.2, 0.25) is 0 Å². The minimum absolute atomic E-state index is 0.534. The smallest absolute Gasteiger partial charge is 0.325 e. The van der Waals surface area contributed by atoms with Crippen LogP contribution in [0.25, 0.3) is 0 Å². The van der Waals surface area contributed by atoms with Gasteiger partial charge in [0.1, 0.15) is 11.8 Å². The molecule has 0 aliphatic carbocycles. The number of halogens is 1. The van der Waals surface area contributed by atoms with Gasteiger partial charge in [-0.1, -0.05) is 15.9 Å². The van der Waals surface area contributed by atoms with Crippen molar-refractivity contribution < 1.29 is 14.6 Å². The van der Waals surface area contributed by atoms with Gasteiger partial charge in [0.15, 0.2) is 0 Å². The van der Waals surface area contributed by atoms with Gasteiger partial charge in [-0.2, -0.15) is 0 Å². The molecule has 0 saturated carbocycles. The van der Waals surface area contributed by atoms with Gasteiger partial charge in [0, 0.05) is 4.47 Å². The van der Waals surface area contributed by atoms with Crippen molar-refractivity contribution in [2.75, 3.05) is 11.9 Å². The summed E-state index contributed by atoms with van der Waals surface area (Å²) in [5.41, 5.74) is 0.681. The summed E-state index contributed by atoms with van der Waals surface area (Å²) in [6.07, 6.45) is 0. The predicted molar refractivity (Wildman–Crippen MR) is 66.0 cm³/mol. The van der Waals surface area contributed by atoms with Gasteiger partial charge in [-0.3, -0.25) is 4.79 Å². The summed E-state index contributed by atoms with van der Waals surface area (Å²) in [7, 11) is 0.